The number of aliphatic hydroxyl groups is 1. The molecule has 3 N–H and O–H groups in total. The summed E-state index contributed by atoms with van der Waals surface area (Å²) >= 11 is 1.67. The fourth-order valence-electron chi connectivity index (χ4n) is 6.19. The Labute approximate surface area is 189 Å². The zero-order valence-corrected chi connectivity index (χ0v) is 19.7. The first-order valence-electron chi connectivity index (χ1n) is 11.8. The van der Waals surface area contributed by atoms with E-state index in [1.165, 1.54) is 30.6 Å². The molecule has 3 aliphatic heterocycles. The van der Waals surface area contributed by atoms with Gasteiger partial charge in [0.05, 0.1) is 18.1 Å². The topological polar surface area (TPSA) is 93.1 Å². The van der Waals surface area contributed by atoms with Crippen molar-refractivity contribution in [1.29, 1.82) is 0 Å². The number of amides is 1. The van der Waals surface area contributed by atoms with Crippen LogP contribution < -0.4 is 5.32 Å². The predicted molar refractivity (Wildman–Crippen MR) is 121 cm³/mol. The highest BCUT2D eigenvalue weighted by molar-refractivity contribution is 8.03. The van der Waals surface area contributed by atoms with Gasteiger partial charge in [0, 0.05) is 29.2 Å². The number of aliphatic hydroxyl groups excluding tert-OH is 1. The van der Waals surface area contributed by atoms with E-state index in [-0.39, 0.29) is 23.6 Å². The average molecular weight is 452 g/mol. The van der Waals surface area contributed by atoms with Crippen LogP contribution in [0.25, 0.3) is 0 Å². The summed E-state index contributed by atoms with van der Waals surface area (Å²) in [6, 6.07) is -0.216. The van der Waals surface area contributed by atoms with Crippen molar-refractivity contribution < 1.29 is 19.8 Å². The zero-order chi connectivity index (χ0) is 22.3. The van der Waals surface area contributed by atoms with E-state index in [0.717, 1.165) is 49.3 Å². The van der Waals surface area contributed by atoms with Gasteiger partial charge in [-0.2, -0.15) is 0 Å². The first-order valence-corrected chi connectivity index (χ1v) is 12.7. The minimum atomic E-state index is -1.03. The third kappa shape index (κ3) is 4.41. The van der Waals surface area contributed by atoms with Crippen molar-refractivity contribution in [1.82, 2.24) is 15.1 Å². The summed E-state index contributed by atoms with van der Waals surface area (Å²) in [5.41, 5.74) is 0.158. The van der Waals surface area contributed by atoms with Crippen LogP contribution in [0.1, 0.15) is 46.0 Å². The van der Waals surface area contributed by atoms with Gasteiger partial charge in [-0.1, -0.05) is 6.92 Å². The Hall–Kier alpha value is -1.09. The summed E-state index contributed by atoms with van der Waals surface area (Å²) in [7, 11) is 2.04. The minimum absolute atomic E-state index is 0.0371. The van der Waals surface area contributed by atoms with E-state index in [2.05, 4.69) is 10.2 Å². The molecular weight excluding hydrogens is 414 g/mol. The summed E-state index contributed by atoms with van der Waals surface area (Å²) in [6.07, 6.45) is 5.57. The summed E-state index contributed by atoms with van der Waals surface area (Å²) in [6.45, 7) is 7.97. The van der Waals surface area contributed by atoms with Crippen molar-refractivity contribution in [3.63, 3.8) is 0 Å². The van der Waals surface area contributed by atoms with Crippen molar-refractivity contribution in [2.45, 2.75) is 63.3 Å². The maximum atomic E-state index is 12.5. The van der Waals surface area contributed by atoms with E-state index in [9.17, 15) is 19.8 Å². The molecule has 0 spiro atoms. The van der Waals surface area contributed by atoms with Crippen LogP contribution in [0.2, 0.25) is 0 Å². The Kier molecular flexibility index (Phi) is 7.01. The number of hydrogen-bond acceptors (Lipinski definition) is 6. The summed E-state index contributed by atoms with van der Waals surface area (Å²) in [5, 5.41) is 23.5. The molecule has 174 valence electrons. The number of thioether (sulfide) groups is 1. The standard InChI is InChI=1S/C23H37N3O4S/c1-13-19-18(14(2)27)22(28)26(19)20(23(29)30)21(13)31-17-8-9-25(12-17)11-16-6-4-15(5-7-16)10-24-3/h13-19,24,27H,4-12H2,1-3H3,(H,29,30)/t13-,14-,15?,16?,17?,18-,19-/m1/s1. The molecule has 31 heavy (non-hydrogen) atoms. The Morgan fingerprint density at radius 1 is 1.23 bits per heavy atom. The molecule has 8 heteroatoms. The van der Waals surface area contributed by atoms with Crippen molar-refractivity contribution in [2.24, 2.45) is 23.7 Å². The summed E-state index contributed by atoms with van der Waals surface area (Å²) < 4.78 is 0. The number of rotatable bonds is 8. The lowest BCUT2D eigenvalue weighted by Gasteiger charge is -2.46. The lowest BCUT2D eigenvalue weighted by molar-refractivity contribution is -0.163. The summed E-state index contributed by atoms with van der Waals surface area (Å²) in [4.78, 5) is 29.3. The van der Waals surface area contributed by atoms with Gasteiger partial charge in [-0.25, -0.2) is 4.79 Å². The third-order valence-corrected chi connectivity index (χ3v) is 9.35. The molecule has 3 fully saturated rings. The van der Waals surface area contributed by atoms with Gasteiger partial charge in [0.1, 0.15) is 5.70 Å². The lowest BCUT2D eigenvalue weighted by atomic mass is 9.79. The maximum Gasteiger partial charge on any atom is 0.353 e. The van der Waals surface area contributed by atoms with Crippen LogP contribution in [0.5, 0.6) is 0 Å². The highest BCUT2D eigenvalue weighted by Gasteiger charge is 2.60. The van der Waals surface area contributed by atoms with Crippen LogP contribution in [0.15, 0.2) is 10.6 Å². The highest BCUT2D eigenvalue weighted by Crippen LogP contribution is 2.52. The Morgan fingerprint density at radius 3 is 2.52 bits per heavy atom. The van der Waals surface area contributed by atoms with Crippen molar-refractivity contribution >= 4 is 23.6 Å². The molecule has 7 nitrogen and oxygen atoms in total. The first-order chi connectivity index (χ1) is 14.8. The number of carbonyl (C=O) groups excluding carboxylic acids is 1. The largest absolute Gasteiger partial charge is 0.477 e. The van der Waals surface area contributed by atoms with Gasteiger partial charge in [0.25, 0.3) is 0 Å². The Balaban J connectivity index is 1.34. The number of β-lactam (4-membered cyclic amide) rings is 1. The van der Waals surface area contributed by atoms with Gasteiger partial charge in [-0.05, 0) is 71.0 Å². The predicted octanol–water partition coefficient (Wildman–Crippen LogP) is 1.97. The highest BCUT2D eigenvalue weighted by atomic mass is 32.2. The number of carboxylic acids is 1. The third-order valence-electron chi connectivity index (χ3n) is 7.81. The quantitative estimate of drug-likeness (QED) is 0.486. The fourth-order valence-corrected chi connectivity index (χ4v) is 7.71. The molecule has 0 bridgehead atoms. The van der Waals surface area contributed by atoms with E-state index in [1.807, 2.05) is 14.0 Å². The lowest BCUT2D eigenvalue weighted by Crippen LogP contribution is -2.63. The molecule has 5 atom stereocenters. The van der Waals surface area contributed by atoms with Gasteiger partial charge in [-0.3, -0.25) is 4.79 Å². The van der Waals surface area contributed by atoms with Gasteiger partial charge < -0.3 is 25.3 Å². The fraction of sp³-hybridized carbons (Fsp3) is 0.826. The first kappa shape index (κ1) is 23.1. The van der Waals surface area contributed by atoms with E-state index >= 15 is 0 Å². The molecule has 1 saturated carbocycles. The Bertz CT molecular complexity index is 734. The van der Waals surface area contributed by atoms with E-state index in [1.54, 1.807) is 18.7 Å². The van der Waals surface area contributed by atoms with E-state index in [4.69, 9.17) is 0 Å². The molecule has 3 heterocycles. The molecule has 2 saturated heterocycles. The van der Waals surface area contributed by atoms with Gasteiger partial charge >= 0.3 is 5.97 Å². The second-order valence-corrected chi connectivity index (χ2v) is 11.3. The van der Waals surface area contributed by atoms with Crippen LogP contribution in [0.3, 0.4) is 0 Å². The molecule has 1 unspecified atom stereocenters. The number of likely N-dealkylation sites (tertiary alicyclic amines) is 1. The number of nitrogens with zero attached hydrogens (tertiary/aromatic N) is 2. The van der Waals surface area contributed by atoms with Gasteiger partial charge in [-0.15, -0.1) is 11.8 Å². The van der Waals surface area contributed by atoms with Crippen LogP contribution in [-0.4, -0.2) is 82.5 Å². The second kappa shape index (κ2) is 9.41. The number of aliphatic carboxylic acids is 1. The number of fused-ring (bicyclic) bond motifs is 1. The molecule has 1 aliphatic carbocycles. The van der Waals surface area contributed by atoms with Crippen LogP contribution >= 0.6 is 11.8 Å². The number of carboxylic acid groups (broad SMARTS) is 1. The normalized spacial score (nSPS) is 37.2. The van der Waals surface area contributed by atoms with Gasteiger partial charge in [0.2, 0.25) is 5.91 Å². The number of nitrogens with one attached hydrogen (secondary N) is 1. The zero-order valence-electron chi connectivity index (χ0n) is 18.9. The monoisotopic (exact) mass is 451 g/mol. The minimum Gasteiger partial charge on any atom is -0.477 e. The van der Waals surface area contributed by atoms with Crippen molar-refractivity contribution in [3.05, 3.63) is 10.6 Å². The molecule has 0 aromatic carbocycles. The second-order valence-electron chi connectivity index (χ2n) is 10.0. The van der Waals surface area contributed by atoms with Crippen molar-refractivity contribution in [2.75, 3.05) is 33.2 Å². The molecule has 1 amide bonds. The number of hydrogen-bond donors (Lipinski definition) is 3. The molecular formula is C23H37N3O4S. The van der Waals surface area contributed by atoms with Crippen LogP contribution in [0, 0.1) is 23.7 Å². The molecule has 0 aromatic heterocycles. The molecule has 0 aromatic rings. The van der Waals surface area contributed by atoms with E-state index < -0.39 is 18.0 Å². The van der Waals surface area contributed by atoms with Crippen LogP contribution in [0.4, 0.5) is 0 Å². The SMILES string of the molecule is CNCC1CCC(CN2CCC(SC3=C(C(=O)O)N4C(=O)[C@H]([C@@H](C)O)[C@H]4[C@H]3C)C2)CC1. The smallest absolute Gasteiger partial charge is 0.353 e. The van der Waals surface area contributed by atoms with Gasteiger partial charge in [0.15, 0.2) is 0 Å². The number of carbonyl (C=O) groups is 2. The molecule has 0 radical (unpaired) electrons. The summed E-state index contributed by atoms with van der Waals surface area (Å²) in [5.74, 6) is -0.191. The average Bonchev–Trinajstić information content (AvgIpc) is 3.25. The van der Waals surface area contributed by atoms with Crippen molar-refractivity contribution in [3.8, 4) is 0 Å². The van der Waals surface area contributed by atoms with E-state index in [0.29, 0.717) is 5.25 Å². The molecule has 4 rings (SSSR count). The Morgan fingerprint density at radius 2 is 1.90 bits per heavy atom. The molecule has 4 aliphatic rings. The maximum absolute atomic E-state index is 12.5. The van der Waals surface area contributed by atoms with Crippen LogP contribution in [-0.2, 0) is 9.59 Å².